The molecule has 0 unspecified atom stereocenters. The van der Waals surface area contributed by atoms with E-state index in [-0.39, 0.29) is 21.8 Å². The van der Waals surface area contributed by atoms with Crippen LogP contribution in [0.2, 0.25) is 0 Å². The van der Waals surface area contributed by atoms with Crippen molar-refractivity contribution in [2.24, 2.45) is 0 Å². The molecule has 0 bridgehead atoms. The number of hydrogen-bond donors (Lipinski definition) is 0. The molecule has 1 heterocycles. The molecule has 0 aliphatic rings. The van der Waals surface area contributed by atoms with Gasteiger partial charge >= 0.3 is 0 Å². The van der Waals surface area contributed by atoms with Gasteiger partial charge in [-0.1, -0.05) is 0 Å². The minimum atomic E-state index is -4.10. The monoisotopic (exact) mass is 311 g/mol. The molecule has 0 N–H and O–H groups in total. The van der Waals surface area contributed by atoms with Crippen molar-refractivity contribution in [3.05, 3.63) is 68.8 Å². The van der Waals surface area contributed by atoms with Gasteiger partial charge in [0.25, 0.3) is 15.8 Å². The van der Waals surface area contributed by atoms with Crippen molar-refractivity contribution in [2.75, 3.05) is 0 Å². The number of nitro benzene ring substituents is 1. The Balaban J connectivity index is 2.14. The standard InChI is InChI=1S/C12H9NO7S/c14-10-5-6-19-11(7-10)8-20-21(17,18)12-3-1-9(2-4-12)13(15)16/h1-7H,8H2. The highest BCUT2D eigenvalue weighted by atomic mass is 32.2. The lowest BCUT2D eigenvalue weighted by molar-refractivity contribution is -0.384. The van der Waals surface area contributed by atoms with Gasteiger partial charge in [-0.15, -0.1) is 0 Å². The number of hydrogen-bond acceptors (Lipinski definition) is 7. The minimum Gasteiger partial charge on any atom is -0.467 e. The summed E-state index contributed by atoms with van der Waals surface area (Å²) in [5.41, 5.74) is -0.574. The summed E-state index contributed by atoms with van der Waals surface area (Å²) < 4.78 is 33.4. The Morgan fingerprint density at radius 1 is 1.19 bits per heavy atom. The second-order valence-electron chi connectivity index (χ2n) is 3.90. The predicted molar refractivity (Wildman–Crippen MR) is 70.0 cm³/mol. The Hall–Kier alpha value is -2.52. The molecular weight excluding hydrogens is 302 g/mol. The van der Waals surface area contributed by atoms with Gasteiger partial charge in [0.05, 0.1) is 16.1 Å². The highest BCUT2D eigenvalue weighted by molar-refractivity contribution is 7.86. The molecule has 0 aliphatic heterocycles. The van der Waals surface area contributed by atoms with Crippen LogP contribution in [0.15, 0.2) is 56.8 Å². The van der Waals surface area contributed by atoms with E-state index in [1.807, 2.05) is 0 Å². The zero-order valence-electron chi connectivity index (χ0n) is 10.5. The molecule has 0 aliphatic carbocycles. The third-order valence-corrected chi connectivity index (χ3v) is 3.73. The normalized spacial score (nSPS) is 11.2. The van der Waals surface area contributed by atoms with Gasteiger partial charge in [0.2, 0.25) is 0 Å². The third-order valence-electron chi connectivity index (χ3n) is 2.45. The zero-order chi connectivity index (χ0) is 15.5. The number of nitro groups is 1. The highest BCUT2D eigenvalue weighted by Gasteiger charge is 2.17. The maximum absolute atomic E-state index is 11.9. The Labute approximate surface area is 118 Å². The summed E-state index contributed by atoms with van der Waals surface area (Å²) in [6.07, 6.45) is 1.12. The average molecular weight is 311 g/mol. The van der Waals surface area contributed by atoms with E-state index in [1.54, 1.807) is 0 Å². The van der Waals surface area contributed by atoms with Crippen molar-refractivity contribution < 1.29 is 21.9 Å². The van der Waals surface area contributed by atoms with Crippen LogP contribution in [0.3, 0.4) is 0 Å². The molecule has 8 nitrogen and oxygen atoms in total. The second kappa shape index (κ2) is 5.85. The van der Waals surface area contributed by atoms with E-state index in [2.05, 4.69) is 0 Å². The lowest BCUT2D eigenvalue weighted by Gasteiger charge is -2.04. The summed E-state index contributed by atoms with van der Waals surface area (Å²) in [5, 5.41) is 10.5. The summed E-state index contributed by atoms with van der Waals surface area (Å²) in [5.74, 6) is 0.0491. The van der Waals surface area contributed by atoms with E-state index in [4.69, 9.17) is 8.60 Å². The first-order chi connectivity index (χ1) is 9.88. The van der Waals surface area contributed by atoms with Crippen LogP contribution in [0, 0.1) is 10.1 Å². The van der Waals surface area contributed by atoms with E-state index in [0.717, 1.165) is 36.6 Å². The number of rotatable bonds is 5. The number of benzene rings is 1. The van der Waals surface area contributed by atoms with Gasteiger partial charge in [-0.05, 0) is 12.1 Å². The zero-order valence-corrected chi connectivity index (χ0v) is 11.3. The molecule has 0 saturated carbocycles. The fourth-order valence-electron chi connectivity index (χ4n) is 1.44. The molecule has 110 valence electrons. The third kappa shape index (κ3) is 3.74. The molecule has 0 saturated heterocycles. The van der Waals surface area contributed by atoms with Crippen LogP contribution in [-0.4, -0.2) is 13.3 Å². The molecule has 0 spiro atoms. The topological polar surface area (TPSA) is 117 Å². The number of non-ortho nitro benzene ring substituents is 1. The Morgan fingerprint density at radius 3 is 2.43 bits per heavy atom. The van der Waals surface area contributed by atoms with Gasteiger partial charge in [-0.2, -0.15) is 8.42 Å². The fourth-order valence-corrected chi connectivity index (χ4v) is 2.32. The first kappa shape index (κ1) is 14.9. The first-order valence-electron chi connectivity index (χ1n) is 5.60. The molecule has 1 aromatic carbocycles. The molecule has 2 aromatic rings. The van der Waals surface area contributed by atoms with Crippen LogP contribution in [0.1, 0.15) is 5.76 Å². The van der Waals surface area contributed by atoms with Crippen molar-refractivity contribution in [1.82, 2.24) is 0 Å². The maximum Gasteiger partial charge on any atom is 0.297 e. The molecule has 2 rings (SSSR count). The molecule has 21 heavy (non-hydrogen) atoms. The highest BCUT2D eigenvalue weighted by Crippen LogP contribution is 2.18. The minimum absolute atomic E-state index is 0.0491. The van der Waals surface area contributed by atoms with Crippen LogP contribution in [0.5, 0.6) is 0 Å². The van der Waals surface area contributed by atoms with Crippen LogP contribution in [0.4, 0.5) is 5.69 Å². The molecule has 0 radical (unpaired) electrons. The van der Waals surface area contributed by atoms with Crippen LogP contribution >= 0.6 is 0 Å². The van der Waals surface area contributed by atoms with E-state index in [1.165, 1.54) is 6.07 Å². The van der Waals surface area contributed by atoms with Gasteiger partial charge < -0.3 is 4.42 Å². The van der Waals surface area contributed by atoms with Gasteiger partial charge in [-0.3, -0.25) is 19.1 Å². The molecule has 0 atom stereocenters. The van der Waals surface area contributed by atoms with Crippen molar-refractivity contribution in [1.29, 1.82) is 0 Å². The van der Waals surface area contributed by atoms with Gasteiger partial charge in [0.15, 0.2) is 5.43 Å². The van der Waals surface area contributed by atoms with Crippen molar-refractivity contribution in [2.45, 2.75) is 11.5 Å². The molecule has 0 amide bonds. The molecule has 0 fully saturated rings. The second-order valence-corrected chi connectivity index (χ2v) is 5.52. The predicted octanol–water partition coefficient (Wildman–Crippen LogP) is 1.45. The summed E-state index contributed by atoms with van der Waals surface area (Å²) in [6, 6.07) is 6.51. The smallest absolute Gasteiger partial charge is 0.297 e. The van der Waals surface area contributed by atoms with E-state index in [0.29, 0.717) is 0 Å². The fraction of sp³-hybridized carbons (Fsp3) is 0.0833. The van der Waals surface area contributed by atoms with Crippen LogP contribution < -0.4 is 5.43 Å². The largest absolute Gasteiger partial charge is 0.467 e. The molecule has 1 aromatic heterocycles. The van der Waals surface area contributed by atoms with Gasteiger partial charge in [0, 0.05) is 24.3 Å². The van der Waals surface area contributed by atoms with Crippen LogP contribution in [-0.2, 0) is 20.9 Å². The average Bonchev–Trinajstić information content (AvgIpc) is 2.45. The van der Waals surface area contributed by atoms with Crippen molar-refractivity contribution in [3.63, 3.8) is 0 Å². The molecular formula is C12H9NO7S. The lowest BCUT2D eigenvalue weighted by atomic mass is 10.3. The number of nitrogens with zero attached hydrogens (tertiary/aromatic N) is 1. The quantitative estimate of drug-likeness (QED) is 0.466. The Morgan fingerprint density at radius 2 is 1.86 bits per heavy atom. The Kier molecular flexibility index (Phi) is 4.15. The van der Waals surface area contributed by atoms with Gasteiger partial charge in [-0.25, -0.2) is 0 Å². The summed E-state index contributed by atoms with van der Waals surface area (Å²) in [7, 11) is -4.10. The Bertz CT molecular complexity index is 808. The van der Waals surface area contributed by atoms with Crippen molar-refractivity contribution in [3.8, 4) is 0 Å². The summed E-state index contributed by atoms with van der Waals surface area (Å²) in [4.78, 5) is 20.7. The SMILES string of the molecule is O=c1ccoc(COS(=O)(=O)c2ccc([N+](=O)[O-])cc2)c1. The van der Waals surface area contributed by atoms with Crippen molar-refractivity contribution >= 4 is 15.8 Å². The summed E-state index contributed by atoms with van der Waals surface area (Å²) >= 11 is 0. The maximum atomic E-state index is 11.9. The van der Waals surface area contributed by atoms with Crippen LogP contribution in [0.25, 0.3) is 0 Å². The van der Waals surface area contributed by atoms with E-state index < -0.39 is 21.6 Å². The lowest BCUT2D eigenvalue weighted by Crippen LogP contribution is -2.08. The van der Waals surface area contributed by atoms with Gasteiger partial charge in [0.1, 0.15) is 12.4 Å². The summed E-state index contributed by atoms with van der Waals surface area (Å²) in [6.45, 7) is -0.449. The van der Waals surface area contributed by atoms with E-state index in [9.17, 15) is 23.3 Å². The van der Waals surface area contributed by atoms with E-state index >= 15 is 0 Å². The first-order valence-corrected chi connectivity index (χ1v) is 7.01. The molecule has 9 heteroatoms.